The van der Waals surface area contributed by atoms with Gasteiger partial charge in [-0.3, -0.25) is 4.98 Å². The Kier molecular flexibility index (Phi) is 3.35. The third kappa shape index (κ3) is 3.01. The number of aromatic nitrogens is 1. The second-order valence-corrected chi connectivity index (χ2v) is 3.65. The van der Waals surface area contributed by atoms with Gasteiger partial charge >= 0.3 is 0 Å². The molecule has 2 rings (SSSR count). The molecule has 0 saturated heterocycles. The lowest BCUT2D eigenvalue weighted by Gasteiger charge is -2.07. The molecular weight excluding hydrogens is 221 g/mol. The van der Waals surface area contributed by atoms with Crippen LogP contribution in [-0.2, 0) is 0 Å². The number of pyridine rings is 1. The molecule has 3 nitrogen and oxygen atoms in total. The highest BCUT2D eigenvalue weighted by atomic mass is 19.1. The molecule has 0 bridgehead atoms. The Morgan fingerprint density at radius 1 is 1.24 bits per heavy atom. The quantitative estimate of drug-likeness (QED) is 0.885. The van der Waals surface area contributed by atoms with Crippen LogP contribution in [0.15, 0.2) is 42.6 Å². The molecule has 0 spiro atoms. The van der Waals surface area contributed by atoms with Crippen LogP contribution in [-0.4, -0.2) is 10.1 Å². The lowest BCUT2D eigenvalue weighted by atomic mass is 10.2. The van der Waals surface area contributed by atoms with Gasteiger partial charge in [-0.25, -0.2) is 4.39 Å². The first kappa shape index (κ1) is 11.5. The summed E-state index contributed by atoms with van der Waals surface area (Å²) in [5.74, 6) is 0.563. The SMILES string of the molecule is C[C@H](O)c1ccc(Oc2cccc(F)c2)cn1. The second kappa shape index (κ2) is 4.93. The number of hydrogen-bond acceptors (Lipinski definition) is 3. The fraction of sp³-hybridized carbons (Fsp3) is 0.154. The lowest BCUT2D eigenvalue weighted by Crippen LogP contribution is -1.95. The van der Waals surface area contributed by atoms with Crippen molar-refractivity contribution in [1.29, 1.82) is 0 Å². The number of benzene rings is 1. The molecule has 0 radical (unpaired) electrons. The maximum absolute atomic E-state index is 12.9. The van der Waals surface area contributed by atoms with Crippen LogP contribution in [0.1, 0.15) is 18.7 Å². The molecule has 0 saturated carbocycles. The van der Waals surface area contributed by atoms with Gasteiger partial charge in [0.25, 0.3) is 0 Å². The number of hydrogen-bond donors (Lipinski definition) is 1. The molecule has 0 amide bonds. The molecule has 4 heteroatoms. The highest BCUT2D eigenvalue weighted by Crippen LogP contribution is 2.22. The monoisotopic (exact) mass is 233 g/mol. The standard InChI is InChI=1S/C13H12FNO2/c1-9(16)13-6-5-12(8-15-13)17-11-4-2-3-10(14)7-11/h2-9,16H,1H3/t9-/m0/s1. The van der Waals surface area contributed by atoms with Crippen molar-refractivity contribution in [2.45, 2.75) is 13.0 Å². The molecular formula is C13H12FNO2. The fourth-order valence-corrected chi connectivity index (χ4v) is 1.37. The van der Waals surface area contributed by atoms with E-state index < -0.39 is 6.10 Å². The maximum atomic E-state index is 12.9. The van der Waals surface area contributed by atoms with Crippen LogP contribution in [0.4, 0.5) is 4.39 Å². The van der Waals surface area contributed by atoms with E-state index in [9.17, 15) is 9.50 Å². The predicted octanol–water partition coefficient (Wildman–Crippen LogP) is 3.07. The summed E-state index contributed by atoms with van der Waals surface area (Å²) in [5.41, 5.74) is 0.566. The summed E-state index contributed by atoms with van der Waals surface area (Å²) in [5, 5.41) is 9.29. The average Bonchev–Trinajstić information content (AvgIpc) is 2.29. The lowest BCUT2D eigenvalue weighted by molar-refractivity contribution is 0.194. The van der Waals surface area contributed by atoms with Crippen molar-refractivity contribution in [2.75, 3.05) is 0 Å². The van der Waals surface area contributed by atoms with Crippen molar-refractivity contribution >= 4 is 0 Å². The Balaban J connectivity index is 2.14. The van der Waals surface area contributed by atoms with E-state index >= 15 is 0 Å². The molecule has 0 fully saturated rings. The zero-order valence-corrected chi connectivity index (χ0v) is 9.30. The average molecular weight is 233 g/mol. The molecule has 0 aliphatic rings. The van der Waals surface area contributed by atoms with Crippen molar-refractivity contribution in [3.05, 3.63) is 54.1 Å². The van der Waals surface area contributed by atoms with Crippen molar-refractivity contribution in [3.8, 4) is 11.5 Å². The third-order valence-electron chi connectivity index (χ3n) is 2.22. The summed E-state index contributed by atoms with van der Waals surface area (Å²) < 4.78 is 18.3. The van der Waals surface area contributed by atoms with Crippen LogP contribution in [0.2, 0.25) is 0 Å². The number of ether oxygens (including phenoxy) is 1. The first-order valence-corrected chi connectivity index (χ1v) is 5.22. The summed E-state index contributed by atoms with van der Waals surface area (Å²) in [6.07, 6.45) is 0.880. The van der Waals surface area contributed by atoms with Gasteiger partial charge in [-0.1, -0.05) is 6.07 Å². The third-order valence-corrected chi connectivity index (χ3v) is 2.22. The Morgan fingerprint density at radius 2 is 2.06 bits per heavy atom. The molecule has 1 aromatic carbocycles. The van der Waals surface area contributed by atoms with Crippen LogP contribution in [0, 0.1) is 5.82 Å². The van der Waals surface area contributed by atoms with Crippen LogP contribution >= 0.6 is 0 Å². The minimum Gasteiger partial charge on any atom is -0.456 e. The number of aliphatic hydroxyl groups excluding tert-OH is 1. The van der Waals surface area contributed by atoms with Crippen LogP contribution in [0.3, 0.4) is 0 Å². The second-order valence-electron chi connectivity index (χ2n) is 3.65. The molecule has 1 atom stereocenters. The van der Waals surface area contributed by atoms with Gasteiger partial charge in [0.1, 0.15) is 17.3 Å². The van der Waals surface area contributed by atoms with Gasteiger partial charge in [0.2, 0.25) is 0 Å². The van der Waals surface area contributed by atoms with E-state index in [1.807, 2.05) is 0 Å². The van der Waals surface area contributed by atoms with E-state index in [0.717, 1.165) is 0 Å². The Morgan fingerprint density at radius 3 is 2.65 bits per heavy atom. The largest absolute Gasteiger partial charge is 0.456 e. The minimum absolute atomic E-state index is 0.351. The first-order chi connectivity index (χ1) is 8.15. The van der Waals surface area contributed by atoms with Gasteiger partial charge in [-0.05, 0) is 31.2 Å². The molecule has 1 heterocycles. The maximum Gasteiger partial charge on any atom is 0.145 e. The zero-order chi connectivity index (χ0) is 12.3. The Bertz CT molecular complexity index is 497. The van der Waals surface area contributed by atoms with E-state index in [2.05, 4.69) is 4.98 Å². The minimum atomic E-state index is -0.613. The van der Waals surface area contributed by atoms with Crippen molar-refractivity contribution in [2.24, 2.45) is 0 Å². The molecule has 1 aromatic heterocycles. The van der Waals surface area contributed by atoms with E-state index in [1.54, 1.807) is 31.2 Å². The van der Waals surface area contributed by atoms with E-state index in [1.165, 1.54) is 18.3 Å². The molecule has 88 valence electrons. The van der Waals surface area contributed by atoms with Gasteiger partial charge in [-0.2, -0.15) is 0 Å². The molecule has 0 unspecified atom stereocenters. The molecule has 1 N–H and O–H groups in total. The summed E-state index contributed by atoms with van der Waals surface area (Å²) in [7, 11) is 0. The summed E-state index contributed by atoms with van der Waals surface area (Å²) in [6.45, 7) is 1.63. The number of rotatable bonds is 3. The van der Waals surface area contributed by atoms with Crippen molar-refractivity contribution < 1.29 is 14.2 Å². The number of aliphatic hydroxyl groups is 1. The highest BCUT2D eigenvalue weighted by Gasteiger charge is 2.03. The Hall–Kier alpha value is -1.94. The number of nitrogens with zero attached hydrogens (tertiary/aromatic N) is 1. The highest BCUT2D eigenvalue weighted by molar-refractivity contribution is 5.30. The summed E-state index contributed by atoms with van der Waals surface area (Å²) >= 11 is 0. The van der Waals surface area contributed by atoms with E-state index in [4.69, 9.17) is 4.74 Å². The van der Waals surface area contributed by atoms with Gasteiger partial charge in [0.05, 0.1) is 18.0 Å². The van der Waals surface area contributed by atoms with Crippen molar-refractivity contribution in [1.82, 2.24) is 4.98 Å². The zero-order valence-electron chi connectivity index (χ0n) is 9.30. The van der Waals surface area contributed by atoms with E-state index in [-0.39, 0.29) is 5.82 Å². The predicted molar refractivity (Wildman–Crippen MR) is 61.3 cm³/mol. The summed E-state index contributed by atoms with van der Waals surface area (Å²) in [6, 6.07) is 9.22. The van der Waals surface area contributed by atoms with Gasteiger partial charge in [0, 0.05) is 6.07 Å². The fourth-order valence-electron chi connectivity index (χ4n) is 1.37. The van der Waals surface area contributed by atoms with Crippen LogP contribution < -0.4 is 4.74 Å². The van der Waals surface area contributed by atoms with Gasteiger partial charge in [0.15, 0.2) is 0 Å². The van der Waals surface area contributed by atoms with Crippen LogP contribution in [0.5, 0.6) is 11.5 Å². The first-order valence-electron chi connectivity index (χ1n) is 5.22. The van der Waals surface area contributed by atoms with Gasteiger partial charge in [-0.15, -0.1) is 0 Å². The Labute approximate surface area is 98.5 Å². The smallest absolute Gasteiger partial charge is 0.145 e. The van der Waals surface area contributed by atoms with Crippen molar-refractivity contribution in [3.63, 3.8) is 0 Å². The molecule has 0 aliphatic carbocycles. The molecule has 17 heavy (non-hydrogen) atoms. The van der Waals surface area contributed by atoms with Crippen LogP contribution in [0.25, 0.3) is 0 Å². The molecule has 0 aliphatic heterocycles. The topological polar surface area (TPSA) is 42.4 Å². The van der Waals surface area contributed by atoms with E-state index in [0.29, 0.717) is 17.2 Å². The number of halogens is 1. The van der Waals surface area contributed by atoms with Gasteiger partial charge < -0.3 is 9.84 Å². The normalized spacial score (nSPS) is 12.2. The molecule has 2 aromatic rings. The summed E-state index contributed by atoms with van der Waals surface area (Å²) in [4.78, 5) is 4.03.